The number of hydrogen-bond acceptors (Lipinski definition) is 5. The van der Waals surface area contributed by atoms with E-state index >= 15 is 0 Å². The molecule has 1 atom stereocenters. The number of aryl methyl sites for hydroxylation is 2. The molecule has 4 rings (SSSR count). The Morgan fingerprint density at radius 2 is 1.52 bits per heavy atom. The van der Waals surface area contributed by atoms with Crippen molar-refractivity contribution >= 4 is 27.5 Å². The lowest BCUT2D eigenvalue weighted by molar-refractivity contribution is -0.140. The van der Waals surface area contributed by atoms with E-state index in [0.717, 1.165) is 39.4 Å². The quantitative estimate of drug-likeness (QED) is 0.159. The molecule has 0 spiro atoms. The van der Waals surface area contributed by atoms with Gasteiger partial charge in [-0.15, -0.1) is 0 Å². The number of carbonyl (C=O) groups is 2. The summed E-state index contributed by atoms with van der Waals surface area (Å²) < 4.78 is 34.9. The molecule has 0 saturated heterocycles. The van der Waals surface area contributed by atoms with Crippen LogP contribution in [0.5, 0.6) is 5.75 Å². The summed E-state index contributed by atoms with van der Waals surface area (Å²) >= 11 is 0. The van der Waals surface area contributed by atoms with Crippen LogP contribution in [0, 0.1) is 13.8 Å². The number of amides is 2. The highest BCUT2D eigenvalue weighted by atomic mass is 32.2. The van der Waals surface area contributed by atoms with Crippen molar-refractivity contribution in [2.75, 3.05) is 24.5 Å². The van der Waals surface area contributed by atoms with Gasteiger partial charge < -0.3 is 15.0 Å². The summed E-state index contributed by atoms with van der Waals surface area (Å²) in [5, 5.41) is 3.02. The summed E-state index contributed by atoms with van der Waals surface area (Å²) in [6.45, 7) is 5.96. The van der Waals surface area contributed by atoms with Crippen LogP contribution in [0.2, 0.25) is 0 Å². The van der Waals surface area contributed by atoms with Gasteiger partial charge in [-0.1, -0.05) is 97.3 Å². The van der Waals surface area contributed by atoms with Crippen molar-refractivity contribution in [2.24, 2.45) is 0 Å². The van der Waals surface area contributed by atoms with E-state index in [-0.39, 0.29) is 29.5 Å². The average Bonchev–Trinajstić information content (AvgIpc) is 3.05. The third-order valence-electron chi connectivity index (χ3n) is 7.77. The van der Waals surface area contributed by atoms with Gasteiger partial charge in [0.05, 0.1) is 17.7 Å². The summed E-state index contributed by atoms with van der Waals surface area (Å²) in [5.41, 5.74) is 3.91. The number of methoxy groups -OCH3 is 1. The van der Waals surface area contributed by atoms with Crippen molar-refractivity contribution in [2.45, 2.75) is 57.5 Å². The van der Waals surface area contributed by atoms with Crippen molar-refractivity contribution in [1.29, 1.82) is 0 Å². The van der Waals surface area contributed by atoms with Crippen LogP contribution in [0.25, 0.3) is 0 Å². The van der Waals surface area contributed by atoms with Gasteiger partial charge in [0.2, 0.25) is 11.8 Å². The van der Waals surface area contributed by atoms with E-state index in [9.17, 15) is 18.0 Å². The van der Waals surface area contributed by atoms with E-state index in [1.807, 2.05) is 75.4 Å². The van der Waals surface area contributed by atoms with Crippen LogP contribution in [0.15, 0.2) is 108 Å². The second-order valence-electron chi connectivity index (χ2n) is 11.4. The zero-order valence-corrected chi connectivity index (χ0v) is 27.8. The van der Waals surface area contributed by atoms with E-state index in [1.165, 1.54) is 24.1 Å². The number of nitrogens with zero attached hydrogens (tertiary/aromatic N) is 2. The molecule has 0 aliphatic carbocycles. The van der Waals surface area contributed by atoms with Crippen LogP contribution in [-0.4, -0.2) is 51.4 Å². The van der Waals surface area contributed by atoms with Crippen LogP contribution < -0.4 is 14.4 Å². The first kappa shape index (κ1) is 34.2. The maximum absolute atomic E-state index is 14.6. The molecule has 0 aromatic heterocycles. The molecule has 0 bridgehead atoms. The summed E-state index contributed by atoms with van der Waals surface area (Å²) in [4.78, 5) is 30.0. The second-order valence-corrected chi connectivity index (χ2v) is 13.2. The Hall–Kier alpha value is -4.63. The molecule has 0 aliphatic heterocycles. The molecule has 9 heteroatoms. The van der Waals surface area contributed by atoms with Gasteiger partial charge in [0.1, 0.15) is 18.3 Å². The number of hydrogen-bond donors (Lipinski definition) is 1. The average molecular weight is 642 g/mol. The molecular weight excluding hydrogens is 598 g/mol. The minimum atomic E-state index is -4.20. The number of nitrogens with one attached hydrogen (secondary N) is 1. The largest absolute Gasteiger partial charge is 0.497 e. The van der Waals surface area contributed by atoms with Gasteiger partial charge in [-0.2, -0.15) is 0 Å². The smallest absolute Gasteiger partial charge is 0.264 e. The highest BCUT2D eigenvalue weighted by Gasteiger charge is 2.34. The number of ether oxygens (including phenoxy) is 1. The minimum absolute atomic E-state index is 0.0529. The summed E-state index contributed by atoms with van der Waals surface area (Å²) in [5.74, 6) is -0.345. The molecule has 0 heterocycles. The lowest BCUT2D eigenvalue weighted by atomic mass is 10.0. The Morgan fingerprint density at radius 3 is 2.20 bits per heavy atom. The van der Waals surface area contributed by atoms with Crippen molar-refractivity contribution in [1.82, 2.24) is 10.2 Å². The second kappa shape index (κ2) is 16.1. The zero-order valence-electron chi connectivity index (χ0n) is 27.0. The van der Waals surface area contributed by atoms with Crippen LogP contribution >= 0.6 is 0 Å². The topological polar surface area (TPSA) is 96.0 Å². The lowest BCUT2D eigenvalue weighted by Gasteiger charge is -2.34. The molecule has 4 aromatic rings. The van der Waals surface area contributed by atoms with Crippen LogP contribution in [-0.2, 0) is 32.6 Å². The van der Waals surface area contributed by atoms with Gasteiger partial charge in [0.15, 0.2) is 0 Å². The zero-order chi connectivity index (χ0) is 33.1. The molecule has 2 amide bonds. The van der Waals surface area contributed by atoms with E-state index in [1.54, 1.807) is 36.4 Å². The predicted molar refractivity (Wildman–Crippen MR) is 182 cm³/mol. The molecule has 0 aliphatic rings. The molecule has 1 unspecified atom stereocenters. The fraction of sp³-hybridized carbons (Fsp3) is 0.297. The molecule has 0 fully saturated rings. The molecule has 242 valence electrons. The summed E-state index contributed by atoms with van der Waals surface area (Å²) in [7, 11) is -2.70. The minimum Gasteiger partial charge on any atom is -0.497 e. The Morgan fingerprint density at radius 1 is 0.826 bits per heavy atom. The van der Waals surface area contributed by atoms with Gasteiger partial charge in [-0.3, -0.25) is 13.9 Å². The number of sulfonamides is 1. The first-order chi connectivity index (χ1) is 22.1. The number of anilines is 1. The van der Waals surface area contributed by atoms with Crippen LogP contribution in [0.4, 0.5) is 5.69 Å². The first-order valence-electron chi connectivity index (χ1n) is 15.5. The van der Waals surface area contributed by atoms with Gasteiger partial charge >= 0.3 is 0 Å². The van der Waals surface area contributed by atoms with Crippen molar-refractivity contribution in [3.05, 3.63) is 125 Å². The van der Waals surface area contributed by atoms with Gasteiger partial charge in [0, 0.05) is 25.6 Å². The Kier molecular flexibility index (Phi) is 12.0. The number of unbranched alkanes of at least 4 members (excludes halogenated alkanes) is 1. The molecule has 0 radical (unpaired) electrons. The van der Waals surface area contributed by atoms with Crippen molar-refractivity contribution in [3.8, 4) is 5.75 Å². The maximum atomic E-state index is 14.6. The third kappa shape index (κ3) is 8.97. The molecular formula is C37H43N3O5S. The van der Waals surface area contributed by atoms with Gasteiger partial charge in [-0.25, -0.2) is 8.42 Å². The Balaban J connectivity index is 1.80. The van der Waals surface area contributed by atoms with E-state index < -0.39 is 28.5 Å². The molecule has 8 nitrogen and oxygen atoms in total. The molecule has 46 heavy (non-hydrogen) atoms. The number of rotatable bonds is 15. The number of carbonyl (C=O) groups excluding carboxylic acids is 2. The van der Waals surface area contributed by atoms with Crippen molar-refractivity contribution < 1.29 is 22.7 Å². The van der Waals surface area contributed by atoms with Crippen molar-refractivity contribution in [3.63, 3.8) is 0 Å². The molecule has 0 saturated carbocycles. The Labute approximate surface area is 273 Å². The molecule has 4 aromatic carbocycles. The highest BCUT2D eigenvalue weighted by Crippen LogP contribution is 2.28. The SMILES string of the molecule is CCCCNC(=O)C(Cc1ccccc1)N(Cc1cccc(C)c1)C(=O)CN(c1cccc(OC)c1)S(=O)(=O)c1ccc(C)cc1. The monoisotopic (exact) mass is 641 g/mol. The lowest BCUT2D eigenvalue weighted by Crippen LogP contribution is -2.53. The van der Waals surface area contributed by atoms with Crippen LogP contribution in [0.1, 0.15) is 42.0 Å². The highest BCUT2D eigenvalue weighted by molar-refractivity contribution is 7.92. The van der Waals surface area contributed by atoms with E-state index in [4.69, 9.17) is 4.74 Å². The van der Waals surface area contributed by atoms with E-state index in [2.05, 4.69) is 5.32 Å². The normalized spacial score (nSPS) is 11.8. The number of benzene rings is 4. The fourth-order valence-electron chi connectivity index (χ4n) is 5.20. The van der Waals surface area contributed by atoms with E-state index in [0.29, 0.717) is 12.3 Å². The standard InChI is InChI=1S/C37H43N3O5S/c1-5-6-22-38-37(42)35(24-30-13-8-7-9-14-30)39(26-31-15-10-12-29(3)23-31)36(41)27-40(32-16-11-17-33(25-32)45-4)46(43,44)34-20-18-28(2)19-21-34/h7-21,23,25,35H,5-6,22,24,26-27H2,1-4H3,(H,38,42). The maximum Gasteiger partial charge on any atom is 0.264 e. The Bertz CT molecular complexity index is 1710. The van der Waals surface area contributed by atoms with Gasteiger partial charge in [-0.05, 0) is 55.7 Å². The predicted octanol–water partition coefficient (Wildman–Crippen LogP) is 6.06. The summed E-state index contributed by atoms with van der Waals surface area (Å²) in [6.07, 6.45) is 1.97. The third-order valence-corrected chi connectivity index (χ3v) is 9.55. The van der Waals surface area contributed by atoms with Crippen LogP contribution in [0.3, 0.4) is 0 Å². The fourth-order valence-corrected chi connectivity index (χ4v) is 6.61. The summed E-state index contributed by atoms with van der Waals surface area (Å²) in [6, 6.07) is 29.5. The first-order valence-corrected chi connectivity index (χ1v) is 17.0. The molecule has 1 N–H and O–H groups in total. The van der Waals surface area contributed by atoms with Gasteiger partial charge in [0.25, 0.3) is 10.0 Å².